The van der Waals surface area contributed by atoms with Crippen LogP contribution in [0.3, 0.4) is 0 Å². The van der Waals surface area contributed by atoms with E-state index in [1.165, 1.54) is 0 Å². The fourth-order valence-electron chi connectivity index (χ4n) is 2.28. The average molecular weight is 330 g/mol. The Hall–Kier alpha value is -2.68. The smallest absolute Gasteiger partial charge is 0.395 e. The van der Waals surface area contributed by atoms with Crippen molar-refractivity contribution in [3.8, 4) is 0 Å². The van der Waals surface area contributed by atoms with E-state index in [0.717, 1.165) is 0 Å². The summed E-state index contributed by atoms with van der Waals surface area (Å²) in [6, 6.07) is 0. The Morgan fingerprint density at radius 3 is 2.61 bits per heavy atom. The van der Waals surface area contributed by atoms with Crippen molar-refractivity contribution in [1.82, 2.24) is 24.9 Å². The molecular weight excluding hydrogens is 320 g/mol. The SMILES string of the molecule is O=c1c2c(nnn1C1OC(CO)C(O)C1O)c([N+](=O)[O-])nn2O. The number of aliphatic hydroxyl groups excluding tert-OH is 3. The fraction of sp³-hybridized carbons (Fsp3) is 0.556. The molecule has 0 aliphatic carbocycles. The summed E-state index contributed by atoms with van der Waals surface area (Å²) in [5, 5.41) is 58.8. The molecule has 4 N–H and O–H groups in total. The molecule has 2 aromatic heterocycles. The Labute approximate surface area is 124 Å². The number of nitrogens with zero attached hydrogens (tertiary/aromatic N) is 6. The van der Waals surface area contributed by atoms with Gasteiger partial charge in [0.15, 0.2) is 6.23 Å². The van der Waals surface area contributed by atoms with Gasteiger partial charge in [0.2, 0.25) is 11.0 Å². The van der Waals surface area contributed by atoms with Crippen LogP contribution in [-0.4, -0.2) is 75.3 Å². The Kier molecular flexibility index (Phi) is 3.44. The predicted molar refractivity (Wildman–Crippen MR) is 66.4 cm³/mol. The van der Waals surface area contributed by atoms with Crippen LogP contribution in [0, 0.1) is 10.1 Å². The highest BCUT2D eigenvalue weighted by Crippen LogP contribution is 2.28. The van der Waals surface area contributed by atoms with E-state index in [-0.39, 0.29) is 4.85 Å². The summed E-state index contributed by atoms with van der Waals surface area (Å²) in [5.41, 5.74) is -2.29. The van der Waals surface area contributed by atoms with E-state index >= 15 is 0 Å². The van der Waals surface area contributed by atoms with Crippen LogP contribution >= 0.6 is 0 Å². The molecule has 124 valence electrons. The monoisotopic (exact) mass is 330 g/mol. The molecule has 0 spiro atoms. The minimum atomic E-state index is -1.61. The highest BCUT2D eigenvalue weighted by Gasteiger charge is 2.45. The van der Waals surface area contributed by atoms with Gasteiger partial charge in [-0.2, -0.15) is 4.68 Å². The summed E-state index contributed by atoms with van der Waals surface area (Å²) in [5.74, 6) is -0.875. The number of rotatable bonds is 3. The Morgan fingerprint density at radius 1 is 1.35 bits per heavy atom. The van der Waals surface area contributed by atoms with E-state index in [1.54, 1.807) is 0 Å². The van der Waals surface area contributed by atoms with Gasteiger partial charge in [0.25, 0.3) is 0 Å². The van der Waals surface area contributed by atoms with Crippen LogP contribution in [-0.2, 0) is 4.74 Å². The number of hydrogen-bond acceptors (Lipinski definition) is 11. The number of aliphatic hydroxyl groups is 3. The lowest BCUT2D eigenvalue weighted by molar-refractivity contribution is -0.388. The van der Waals surface area contributed by atoms with Gasteiger partial charge in [0.05, 0.1) is 11.7 Å². The van der Waals surface area contributed by atoms with Crippen LogP contribution in [0.5, 0.6) is 0 Å². The van der Waals surface area contributed by atoms with Gasteiger partial charge < -0.3 is 35.4 Å². The average Bonchev–Trinajstić information content (AvgIpc) is 2.99. The standard InChI is InChI=1S/C9H10N6O8/c16-1-2-5(17)6(18)9(23-2)13-8(19)4-3(10-12-13)7(15(21)22)11-14(4)20/h2,5-6,9,16-18,20H,1H2. The molecule has 0 radical (unpaired) electrons. The maximum absolute atomic E-state index is 12.3. The van der Waals surface area contributed by atoms with Crippen LogP contribution in [0.2, 0.25) is 0 Å². The zero-order chi connectivity index (χ0) is 16.9. The van der Waals surface area contributed by atoms with Gasteiger partial charge in [0, 0.05) is 4.85 Å². The predicted octanol–water partition coefficient (Wildman–Crippen LogP) is -3.26. The van der Waals surface area contributed by atoms with Gasteiger partial charge in [-0.1, -0.05) is 5.21 Å². The van der Waals surface area contributed by atoms with Crippen LogP contribution in [0.4, 0.5) is 5.82 Å². The van der Waals surface area contributed by atoms with Crippen LogP contribution < -0.4 is 5.56 Å². The van der Waals surface area contributed by atoms with Gasteiger partial charge in [-0.05, 0) is 4.92 Å². The lowest BCUT2D eigenvalue weighted by Crippen LogP contribution is -2.37. The van der Waals surface area contributed by atoms with Crippen molar-refractivity contribution >= 4 is 16.9 Å². The zero-order valence-corrected chi connectivity index (χ0v) is 11.1. The minimum absolute atomic E-state index is 0.0255. The molecule has 1 fully saturated rings. The van der Waals surface area contributed by atoms with Crippen molar-refractivity contribution in [2.75, 3.05) is 6.61 Å². The topological polar surface area (TPSA) is 199 Å². The van der Waals surface area contributed by atoms with Gasteiger partial charge >= 0.3 is 11.4 Å². The van der Waals surface area contributed by atoms with E-state index in [1.807, 2.05) is 0 Å². The Bertz CT molecular complexity index is 831. The summed E-state index contributed by atoms with van der Waals surface area (Å²) in [6.45, 7) is -0.622. The molecule has 1 saturated heterocycles. The highest BCUT2D eigenvalue weighted by atomic mass is 16.6. The molecule has 0 bridgehead atoms. The molecule has 0 aromatic carbocycles. The summed E-state index contributed by atoms with van der Waals surface area (Å²) in [4.78, 5) is 22.1. The highest BCUT2D eigenvalue weighted by molar-refractivity contribution is 5.80. The number of nitro groups is 1. The number of hydrogen-bond donors (Lipinski definition) is 4. The lowest BCUT2D eigenvalue weighted by atomic mass is 10.1. The van der Waals surface area contributed by atoms with Crippen molar-refractivity contribution in [3.05, 3.63) is 20.5 Å². The number of ether oxygens (including phenoxy) is 1. The molecule has 3 rings (SSSR count). The first kappa shape index (κ1) is 15.2. The van der Waals surface area contributed by atoms with Gasteiger partial charge in [0.1, 0.15) is 18.3 Å². The third-order valence-corrected chi connectivity index (χ3v) is 3.41. The number of fused-ring (bicyclic) bond motifs is 1. The van der Waals surface area contributed by atoms with E-state index in [2.05, 4.69) is 15.4 Å². The van der Waals surface area contributed by atoms with E-state index < -0.39 is 58.5 Å². The molecule has 14 heteroatoms. The first-order valence-corrected chi connectivity index (χ1v) is 6.21. The summed E-state index contributed by atoms with van der Waals surface area (Å²) < 4.78 is 5.60. The maximum atomic E-state index is 12.3. The largest absolute Gasteiger partial charge is 0.422 e. The Morgan fingerprint density at radius 2 is 2.04 bits per heavy atom. The second-order valence-electron chi connectivity index (χ2n) is 4.74. The quantitative estimate of drug-likeness (QED) is 0.250. The van der Waals surface area contributed by atoms with Crippen molar-refractivity contribution in [1.29, 1.82) is 0 Å². The number of aromatic nitrogens is 5. The third kappa shape index (κ3) is 2.12. The molecule has 1 aliphatic heterocycles. The second-order valence-corrected chi connectivity index (χ2v) is 4.74. The van der Waals surface area contributed by atoms with E-state index in [9.17, 15) is 30.3 Å². The molecule has 1 aliphatic rings. The maximum Gasteiger partial charge on any atom is 0.422 e. The normalized spacial score (nSPS) is 27.6. The summed E-state index contributed by atoms with van der Waals surface area (Å²) in [6.07, 6.45) is -5.75. The van der Waals surface area contributed by atoms with Crippen LogP contribution in [0.15, 0.2) is 4.79 Å². The van der Waals surface area contributed by atoms with Gasteiger partial charge in [-0.25, -0.2) is 0 Å². The summed E-state index contributed by atoms with van der Waals surface area (Å²) in [7, 11) is 0. The second kappa shape index (κ2) is 5.20. The van der Waals surface area contributed by atoms with Crippen molar-refractivity contribution < 1.29 is 30.2 Å². The first-order valence-electron chi connectivity index (χ1n) is 6.21. The lowest BCUT2D eigenvalue weighted by Gasteiger charge is -2.14. The molecule has 2 aromatic rings. The fourth-order valence-corrected chi connectivity index (χ4v) is 2.28. The molecule has 3 heterocycles. The summed E-state index contributed by atoms with van der Waals surface area (Å²) >= 11 is 0. The molecule has 4 atom stereocenters. The van der Waals surface area contributed by atoms with Crippen molar-refractivity contribution in [2.45, 2.75) is 24.5 Å². The molecular formula is C9H10N6O8. The molecule has 23 heavy (non-hydrogen) atoms. The molecule has 4 unspecified atom stereocenters. The van der Waals surface area contributed by atoms with Crippen LogP contribution in [0.1, 0.15) is 6.23 Å². The van der Waals surface area contributed by atoms with Gasteiger partial charge in [-0.15, -0.1) is 5.10 Å². The van der Waals surface area contributed by atoms with E-state index in [0.29, 0.717) is 4.68 Å². The Balaban J connectivity index is 2.14. The molecule has 14 nitrogen and oxygen atoms in total. The third-order valence-electron chi connectivity index (χ3n) is 3.41. The van der Waals surface area contributed by atoms with Gasteiger partial charge in [-0.3, -0.25) is 4.79 Å². The van der Waals surface area contributed by atoms with E-state index in [4.69, 9.17) is 9.84 Å². The first-order chi connectivity index (χ1) is 10.9. The molecule has 0 saturated carbocycles. The van der Waals surface area contributed by atoms with Crippen LogP contribution in [0.25, 0.3) is 11.0 Å². The zero-order valence-electron chi connectivity index (χ0n) is 11.1. The minimum Gasteiger partial charge on any atom is -0.395 e. The van der Waals surface area contributed by atoms with Crippen molar-refractivity contribution in [3.63, 3.8) is 0 Å². The molecule has 0 amide bonds. The van der Waals surface area contributed by atoms with Crippen molar-refractivity contribution in [2.24, 2.45) is 0 Å².